The van der Waals surface area contributed by atoms with Crippen LogP contribution >= 0.6 is 0 Å². The van der Waals surface area contributed by atoms with E-state index in [9.17, 15) is 4.79 Å². The Bertz CT molecular complexity index is 444. The quantitative estimate of drug-likeness (QED) is 0.826. The highest BCUT2D eigenvalue weighted by atomic mass is 16.3. The molecule has 3 nitrogen and oxygen atoms in total. The van der Waals surface area contributed by atoms with E-state index in [2.05, 4.69) is 24.4 Å². The summed E-state index contributed by atoms with van der Waals surface area (Å²) in [6.45, 7) is 4.29. The van der Waals surface area contributed by atoms with E-state index in [0.29, 0.717) is 5.92 Å². The second kappa shape index (κ2) is 6.20. The Morgan fingerprint density at radius 3 is 2.89 bits per heavy atom. The van der Waals surface area contributed by atoms with Crippen molar-refractivity contribution in [3.05, 3.63) is 35.4 Å². The highest BCUT2D eigenvalue weighted by Crippen LogP contribution is 2.48. The van der Waals surface area contributed by atoms with Gasteiger partial charge in [-0.3, -0.25) is 4.79 Å². The summed E-state index contributed by atoms with van der Waals surface area (Å²) in [6, 6.07) is 8.46. The van der Waals surface area contributed by atoms with Gasteiger partial charge in [0, 0.05) is 18.6 Å². The maximum absolute atomic E-state index is 12.1. The first kappa shape index (κ1) is 14.1. The molecule has 1 saturated carbocycles. The van der Waals surface area contributed by atoms with Gasteiger partial charge < -0.3 is 10.4 Å². The van der Waals surface area contributed by atoms with E-state index in [-0.39, 0.29) is 24.5 Å². The zero-order valence-corrected chi connectivity index (χ0v) is 11.7. The fourth-order valence-electron chi connectivity index (χ4n) is 2.65. The zero-order chi connectivity index (χ0) is 13.8. The SMILES string of the molecule is Cc1ccccc1C1CC1C(=O)NC(C)CCCO. The van der Waals surface area contributed by atoms with E-state index >= 15 is 0 Å². The minimum atomic E-state index is 0.137. The van der Waals surface area contributed by atoms with Crippen molar-refractivity contribution in [3.63, 3.8) is 0 Å². The molecule has 1 aromatic rings. The minimum absolute atomic E-state index is 0.137. The summed E-state index contributed by atoms with van der Waals surface area (Å²) >= 11 is 0. The van der Waals surface area contributed by atoms with Crippen LogP contribution in [0.5, 0.6) is 0 Å². The van der Waals surface area contributed by atoms with Crippen LogP contribution in [0.4, 0.5) is 0 Å². The van der Waals surface area contributed by atoms with Crippen LogP contribution in [0.2, 0.25) is 0 Å². The lowest BCUT2D eigenvalue weighted by atomic mass is 10.0. The average molecular weight is 261 g/mol. The van der Waals surface area contributed by atoms with E-state index in [1.165, 1.54) is 11.1 Å². The second-order valence-corrected chi connectivity index (χ2v) is 5.58. The maximum Gasteiger partial charge on any atom is 0.223 e. The van der Waals surface area contributed by atoms with Crippen LogP contribution < -0.4 is 5.32 Å². The summed E-state index contributed by atoms with van der Waals surface area (Å²) in [7, 11) is 0. The standard InChI is InChI=1S/C16H23NO2/c1-11-6-3-4-8-13(11)14-10-15(14)16(19)17-12(2)7-5-9-18/h3-4,6,8,12,14-15,18H,5,7,9-10H2,1-2H3,(H,17,19). The lowest BCUT2D eigenvalue weighted by Crippen LogP contribution is -2.34. The van der Waals surface area contributed by atoms with Gasteiger partial charge in [0.15, 0.2) is 0 Å². The largest absolute Gasteiger partial charge is 0.396 e. The van der Waals surface area contributed by atoms with Gasteiger partial charge >= 0.3 is 0 Å². The van der Waals surface area contributed by atoms with Crippen molar-refractivity contribution in [2.24, 2.45) is 5.92 Å². The molecule has 0 aliphatic heterocycles. The first-order valence-corrected chi connectivity index (χ1v) is 7.10. The number of aliphatic hydroxyl groups is 1. The lowest BCUT2D eigenvalue weighted by Gasteiger charge is -2.13. The van der Waals surface area contributed by atoms with Crippen LogP contribution in [0, 0.1) is 12.8 Å². The van der Waals surface area contributed by atoms with Crippen LogP contribution in [0.3, 0.4) is 0 Å². The molecular formula is C16H23NO2. The molecule has 3 unspecified atom stereocenters. The van der Waals surface area contributed by atoms with Gasteiger partial charge in [0.25, 0.3) is 0 Å². The third kappa shape index (κ3) is 3.57. The second-order valence-electron chi connectivity index (χ2n) is 5.58. The smallest absolute Gasteiger partial charge is 0.223 e. The minimum Gasteiger partial charge on any atom is -0.396 e. The van der Waals surface area contributed by atoms with Gasteiger partial charge in [0.05, 0.1) is 0 Å². The number of carbonyl (C=O) groups is 1. The van der Waals surface area contributed by atoms with Crippen molar-refractivity contribution >= 4 is 5.91 Å². The van der Waals surface area contributed by atoms with Gasteiger partial charge in [0.2, 0.25) is 5.91 Å². The summed E-state index contributed by atoms with van der Waals surface area (Å²) in [5, 5.41) is 11.8. The number of aliphatic hydroxyl groups excluding tert-OH is 1. The Kier molecular flexibility index (Phi) is 4.59. The predicted molar refractivity (Wildman–Crippen MR) is 76.0 cm³/mol. The summed E-state index contributed by atoms with van der Waals surface area (Å²) in [5.74, 6) is 0.697. The molecule has 2 rings (SSSR count). The molecule has 1 amide bonds. The Morgan fingerprint density at radius 2 is 2.21 bits per heavy atom. The van der Waals surface area contributed by atoms with Crippen molar-refractivity contribution in [3.8, 4) is 0 Å². The molecule has 0 spiro atoms. The Balaban J connectivity index is 1.85. The number of hydrogen-bond acceptors (Lipinski definition) is 2. The van der Waals surface area contributed by atoms with Crippen molar-refractivity contribution in [2.45, 2.75) is 45.1 Å². The van der Waals surface area contributed by atoms with Gasteiger partial charge in [-0.15, -0.1) is 0 Å². The zero-order valence-electron chi connectivity index (χ0n) is 11.7. The number of nitrogens with one attached hydrogen (secondary N) is 1. The Labute approximate surface area is 115 Å². The van der Waals surface area contributed by atoms with Gasteiger partial charge in [-0.25, -0.2) is 0 Å². The summed E-state index contributed by atoms with van der Waals surface area (Å²) in [6.07, 6.45) is 2.54. The van der Waals surface area contributed by atoms with E-state index in [0.717, 1.165) is 19.3 Å². The van der Waals surface area contributed by atoms with E-state index in [1.54, 1.807) is 0 Å². The van der Waals surface area contributed by atoms with Crippen molar-refractivity contribution in [1.29, 1.82) is 0 Å². The summed E-state index contributed by atoms with van der Waals surface area (Å²) in [5.41, 5.74) is 2.58. The van der Waals surface area contributed by atoms with Crippen LogP contribution in [0.1, 0.15) is 43.2 Å². The number of hydrogen-bond donors (Lipinski definition) is 2. The predicted octanol–water partition coefficient (Wildman–Crippen LogP) is 2.38. The van der Waals surface area contributed by atoms with Crippen molar-refractivity contribution < 1.29 is 9.90 Å². The summed E-state index contributed by atoms with van der Waals surface area (Å²) < 4.78 is 0. The molecule has 0 aromatic heterocycles. The van der Waals surface area contributed by atoms with Crippen molar-refractivity contribution in [2.75, 3.05) is 6.61 Å². The summed E-state index contributed by atoms with van der Waals surface area (Å²) in [4.78, 5) is 12.1. The fraction of sp³-hybridized carbons (Fsp3) is 0.562. The molecule has 0 radical (unpaired) electrons. The fourth-order valence-corrected chi connectivity index (χ4v) is 2.65. The van der Waals surface area contributed by atoms with Crippen LogP contribution in [0.25, 0.3) is 0 Å². The Morgan fingerprint density at radius 1 is 1.47 bits per heavy atom. The number of amides is 1. The number of aryl methyl sites for hydroxylation is 1. The first-order chi connectivity index (χ1) is 9.13. The molecule has 3 heteroatoms. The third-order valence-electron chi connectivity index (χ3n) is 3.90. The molecule has 2 N–H and O–H groups in total. The van der Waals surface area contributed by atoms with E-state index < -0.39 is 0 Å². The third-order valence-corrected chi connectivity index (χ3v) is 3.90. The monoisotopic (exact) mass is 261 g/mol. The normalized spacial score (nSPS) is 22.9. The molecule has 0 heterocycles. The van der Waals surface area contributed by atoms with Crippen molar-refractivity contribution in [1.82, 2.24) is 5.32 Å². The molecule has 0 saturated heterocycles. The number of carbonyl (C=O) groups excluding carboxylic acids is 1. The van der Waals surface area contributed by atoms with Gasteiger partial charge in [-0.05, 0) is 50.2 Å². The van der Waals surface area contributed by atoms with Crippen LogP contribution in [-0.2, 0) is 4.79 Å². The van der Waals surface area contributed by atoms with E-state index in [1.807, 2.05) is 19.1 Å². The molecule has 19 heavy (non-hydrogen) atoms. The molecule has 1 aliphatic carbocycles. The molecule has 1 aliphatic rings. The highest BCUT2D eigenvalue weighted by molar-refractivity contribution is 5.83. The van der Waals surface area contributed by atoms with Gasteiger partial charge in [-0.1, -0.05) is 24.3 Å². The maximum atomic E-state index is 12.1. The van der Waals surface area contributed by atoms with Crippen LogP contribution in [0.15, 0.2) is 24.3 Å². The molecule has 104 valence electrons. The number of benzene rings is 1. The Hall–Kier alpha value is -1.35. The van der Waals surface area contributed by atoms with Gasteiger partial charge in [-0.2, -0.15) is 0 Å². The van der Waals surface area contributed by atoms with E-state index in [4.69, 9.17) is 5.11 Å². The molecule has 1 aromatic carbocycles. The molecular weight excluding hydrogens is 238 g/mol. The first-order valence-electron chi connectivity index (χ1n) is 7.10. The topological polar surface area (TPSA) is 49.3 Å². The lowest BCUT2D eigenvalue weighted by molar-refractivity contribution is -0.123. The van der Waals surface area contributed by atoms with Crippen LogP contribution in [-0.4, -0.2) is 23.7 Å². The molecule has 3 atom stereocenters. The van der Waals surface area contributed by atoms with Gasteiger partial charge in [0.1, 0.15) is 0 Å². The molecule has 0 bridgehead atoms. The highest BCUT2D eigenvalue weighted by Gasteiger charge is 2.44. The average Bonchev–Trinajstić information content (AvgIpc) is 3.17. The number of rotatable bonds is 6. The molecule has 1 fully saturated rings.